The molecule has 0 heterocycles. The topological polar surface area (TPSA) is 144 Å². The van der Waals surface area contributed by atoms with Crippen molar-refractivity contribution in [1.82, 2.24) is 5.32 Å². The highest BCUT2D eigenvalue weighted by molar-refractivity contribution is 6.25. The zero-order chi connectivity index (χ0) is 20.3. The van der Waals surface area contributed by atoms with Crippen molar-refractivity contribution in [3.63, 3.8) is 0 Å². The molecular weight excluding hydrogens is 346 g/mol. The van der Waals surface area contributed by atoms with Gasteiger partial charge in [0.2, 0.25) is 18.5 Å². The lowest BCUT2D eigenvalue weighted by molar-refractivity contribution is -0.175. The molecule has 26 heavy (non-hydrogen) atoms. The summed E-state index contributed by atoms with van der Waals surface area (Å²) in [5.41, 5.74) is 7.56. The molecule has 0 aliphatic heterocycles. The van der Waals surface area contributed by atoms with E-state index in [9.17, 15) is 19.2 Å². The van der Waals surface area contributed by atoms with Gasteiger partial charge < -0.3 is 25.1 Å². The number of carbonyl (C=O) groups is 4. The summed E-state index contributed by atoms with van der Waals surface area (Å²) >= 11 is 0. The predicted octanol–water partition coefficient (Wildman–Crippen LogP) is 0.246. The van der Waals surface area contributed by atoms with Crippen molar-refractivity contribution in [1.29, 1.82) is 0 Å². The summed E-state index contributed by atoms with van der Waals surface area (Å²) in [5, 5.41) is 2.40. The molecule has 2 atom stereocenters. The second kappa shape index (κ2) is 11.1. The molecule has 0 saturated carbocycles. The highest BCUT2D eigenvalue weighted by Crippen LogP contribution is 2.15. The number of carbonyl (C=O) groups excluding carboxylic acids is 4. The lowest BCUT2D eigenvalue weighted by atomic mass is 9.98. The average Bonchev–Trinajstić information content (AvgIpc) is 2.56. The molecule has 1 amide bonds. The summed E-state index contributed by atoms with van der Waals surface area (Å²) in [4.78, 5) is 49.6. The summed E-state index contributed by atoms with van der Waals surface area (Å²) in [7, 11) is 1.32. The van der Waals surface area contributed by atoms with Crippen molar-refractivity contribution in [2.75, 3.05) is 13.9 Å². The first-order chi connectivity index (χ1) is 12.0. The summed E-state index contributed by atoms with van der Waals surface area (Å²) in [6.45, 7) is 5.78. The van der Waals surface area contributed by atoms with Gasteiger partial charge in [0.1, 0.15) is 12.1 Å². The minimum Gasteiger partial charge on any atom is -0.427 e. The summed E-state index contributed by atoms with van der Waals surface area (Å²) < 4.78 is 14.5. The highest BCUT2D eigenvalue weighted by Gasteiger charge is 2.27. The fourth-order valence-corrected chi connectivity index (χ4v) is 1.52. The Labute approximate surface area is 151 Å². The van der Waals surface area contributed by atoms with Gasteiger partial charge in [0.05, 0.1) is 5.41 Å². The molecule has 0 aliphatic carbocycles. The van der Waals surface area contributed by atoms with Crippen molar-refractivity contribution in [3.8, 4) is 0 Å². The van der Waals surface area contributed by atoms with Crippen LogP contribution in [0, 0.1) is 5.41 Å². The molecule has 0 aromatic carbocycles. The van der Waals surface area contributed by atoms with Crippen molar-refractivity contribution < 1.29 is 38.2 Å². The molecule has 0 unspecified atom stereocenters. The van der Waals surface area contributed by atoms with Gasteiger partial charge >= 0.3 is 18.2 Å². The van der Waals surface area contributed by atoms with Gasteiger partial charge in [0.15, 0.2) is 0 Å². The van der Waals surface area contributed by atoms with Crippen molar-refractivity contribution in [2.24, 2.45) is 5.41 Å². The number of ketones is 1. The van der Waals surface area contributed by atoms with E-state index in [2.05, 4.69) is 10.1 Å². The lowest BCUT2D eigenvalue weighted by Crippen LogP contribution is -2.46. The number of ether oxygens (including phenoxy) is 3. The minimum absolute atomic E-state index is 0.0981. The first kappa shape index (κ1) is 23.4. The molecule has 0 fully saturated rings. The first-order valence-corrected chi connectivity index (χ1v) is 7.90. The highest BCUT2D eigenvalue weighted by atomic mass is 16.7. The van der Waals surface area contributed by atoms with E-state index >= 15 is 0 Å². The van der Waals surface area contributed by atoms with E-state index in [0.29, 0.717) is 6.21 Å². The van der Waals surface area contributed by atoms with Crippen LogP contribution in [0.4, 0.5) is 0 Å². The third-order valence-electron chi connectivity index (χ3n) is 3.21. The maximum Gasteiger partial charge on any atom is 0.331 e. The van der Waals surface area contributed by atoms with E-state index in [4.69, 9.17) is 19.7 Å². The van der Waals surface area contributed by atoms with Crippen molar-refractivity contribution in [2.45, 2.75) is 52.7 Å². The summed E-state index contributed by atoms with van der Waals surface area (Å²) in [5.74, 6) is -2.56. The largest absolute Gasteiger partial charge is 0.427 e. The fraction of sp³-hybridized carbons (Fsp3) is 0.688. The van der Waals surface area contributed by atoms with Crippen LogP contribution >= 0.6 is 0 Å². The molecule has 146 valence electrons. The maximum atomic E-state index is 12.1. The van der Waals surface area contributed by atoms with Crippen LogP contribution in [0.3, 0.4) is 0 Å². The number of esters is 2. The molecule has 10 nitrogen and oxygen atoms in total. The molecule has 0 saturated heterocycles. The van der Waals surface area contributed by atoms with Gasteiger partial charge in [-0.05, 0) is 34.1 Å². The number of nitrogens with one attached hydrogen (secondary N) is 1. The molecule has 1 N–H and O–H groups in total. The summed E-state index contributed by atoms with van der Waals surface area (Å²) in [6, 6.07) is -1.16. The van der Waals surface area contributed by atoms with E-state index < -0.39 is 48.0 Å². The Morgan fingerprint density at radius 3 is 2.31 bits per heavy atom. The standard InChI is InChI=1S/C16H25N3O7/c1-10(24-5)13(21)19-12(7-6-11(20)8-18-17)14(22)25-9-26-15(23)16(2,3)4/h8,10,12H,6-7,9H2,1-5H3,(H,19,21)/t10-,12-/m0/s1. The van der Waals surface area contributed by atoms with E-state index in [0.717, 1.165) is 0 Å². The van der Waals surface area contributed by atoms with Crippen LogP contribution in [0.5, 0.6) is 0 Å². The Balaban J connectivity index is 4.82. The lowest BCUT2D eigenvalue weighted by Gasteiger charge is -2.20. The van der Waals surface area contributed by atoms with E-state index in [1.807, 2.05) is 0 Å². The molecule has 0 aromatic rings. The zero-order valence-electron chi connectivity index (χ0n) is 15.6. The smallest absolute Gasteiger partial charge is 0.331 e. The molecule has 10 heteroatoms. The molecule has 0 rings (SSSR count). The van der Waals surface area contributed by atoms with Crippen molar-refractivity contribution >= 4 is 29.8 Å². The fourth-order valence-electron chi connectivity index (χ4n) is 1.52. The Hall–Kier alpha value is -2.58. The average molecular weight is 371 g/mol. The van der Waals surface area contributed by atoms with E-state index in [-0.39, 0.29) is 12.8 Å². The Morgan fingerprint density at radius 2 is 1.81 bits per heavy atom. The molecule has 0 aromatic heterocycles. The Bertz CT molecular complexity index is 577. The number of hydrogen-bond donors (Lipinski definition) is 1. The normalized spacial score (nSPS) is 13.0. The van der Waals surface area contributed by atoms with Gasteiger partial charge in [-0.1, -0.05) is 0 Å². The third-order valence-corrected chi connectivity index (χ3v) is 3.21. The Morgan fingerprint density at radius 1 is 1.19 bits per heavy atom. The first-order valence-electron chi connectivity index (χ1n) is 7.90. The summed E-state index contributed by atoms with van der Waals surface area (Å²) in [6.07, 6.45) is -0.405. The number of amides is 1. The predicted molar refractivity (Wildman–Crippen MR) is 88.8 cm³/mol. The van der Waals surface area contributed by atoms with Gasteiger partial charge in [-0.15, -0.1) is 0 Å². The van der Waals surface area contributed by atoms with E-state index in [1.54, 1.807) is 20.8 Å². The van der Waals surface area contributed by atoms with E-state index in [1.165, 1.54) is 14.0 Å². The monoisotopic (exact) mass is 371 g/mol. The quantitative estimate of drug-likeness (QED) is 0.190. The number of hydrogen-bond acceptors (Lipinski definition) is 7. The van der Waals surface area contributed by atoms with Crippen LogP contribution in [-0.4, -0.2) is 60.7 Å². The molecule has 0 bridgehead atoms. The number of Topliss-reactive ketones (excluding diaryl/α,β-unsaturated/α-hetero) is 1. The van der Waals surface area contributed by atoms with Gasteiger partial charge in [0, 0.05) is 13.5 Å². The SMILES string of the molecule is CO[C@@H](C)C(=O)N[C@@H](CCC(=O)C=[N+]=[N-])C(=O)OCOC(=O)C(C)(C)C. The third kappa shape index (κ3) is 9.05. The van der Waals surface area contributed by atoms with Crippen LogP contribution in [-0.2, 0) is 33.4 Å². The molecule has 0 aliphatic rings. The van der Waals surface area contributed by atoms with Crippen LogP contribution in [0.15, 0.2) is 0 Å². The van der Waals surface area contributed by atoms with Crippen LogP contribution in [0.1, 0.15) is 40.5 Å². The van der Waals surface area contributed by atoms with Gasteiger partial charge in [-0.25, -0.2) is 4.79 Å². The number of nitrogens with zero attached hydrogens (tertiary/aromatic N) is 2. The van der Waals surface area contributed by atoms with Crippen LogP contribution in [0.25, 0.3) is 5.53 Å². The molecule has 0 radical (unpaired) electrons. The van der Waals surface area contributed by atoms with Gasteiger partial charge in [-0.2, -0.15) is 4.79 Å². The second-order valence-corrected chi connectivity index (χ2v) is 6.45. The number of rotatable bonds is 10. The Kier molecular flexibility index (Phi) is 10.0. The van der Waals surface area contributed by atoms with Crippen molar-refractivity contribution in [3.05, 3.63) is 5.53 Å². The molecule has 0 spiro atoms. The van der Waals surface area contributed by atoms with Crippen LogP contribution < -0.4 is 5.32 Å². The van der Waals surface area contributed by atoms with Gasteiger partial charge in [0.25, 0.3) is 0 Å². The maximum absolute atomic E-state index is 12.1. The second-order valence-electron chi connectivity index (χ2n) is 6.45. The zero-order valence-corrected chi connectivity index (χ0v) is 15.6. The van der Waals surface area contributed by atoms with Gasteiger partial charge in [-0.3, -0.25) is 14.4 Å². The minimum atomic E-state index is -1.16. The number of methoxy groups -OCH3 is 1. The molecular formula is C16H25N3O7. The van der Waals surface area contributed by atoms with Crippen LogP contribution in [0.2, 0.25) is 0 Å².